The van der Waals surface area contributed by atoms with E-state index in [0.29, 0.717) is 5.57 Å². The second-order valence-corrected chi connectivity index (χ2v) is 7.91. The molecule has 2 radical (unpaired) electrons. The SMILES string of the molecule is [B]OC(=O)[C@H]1C(COC(C)=O)=CS[C@@H]2[C@H](NC(=O)Cc3cccs3)C(=O)N12. The van der Waals surface area contributed by atoms with Crippen molar-refractivity contribution in [1.82, 2.24) is 10.2 Å². The third kappa shape index (κ3) is 4.03. The maximum atomic E-state index is 12.6. The fourth-order valence-electron chi connectivity index (χ4n) is 2.86. The largest absolute Gasteiger partial charge is 0.542 e. The molecule has 0 aromatic carbocycles. The van der Waals surface area contributed by atoms with Crippen LogP contribution in [0.3, 0.4) is 0 Å². The Morgan fingerprint density at radius 1 is 1.37 bits per heavy atom. The molecule has 2 aliphatic rings. The van der Waals surface area contributed by atoms with Gasteiger partial charge in [0.05, 0.1) is 6.42 Å². The van der Waals surface area contributed by atoms with E-state index in [0.717, 1.165) is 4.88 Å². The normalized spacial score (nSPS) is 23.6. The monoisotopic (exact) mass is 406 g/mol. The number of esters is 1. The number of amides is 2. The van der Waals surface area contributed by atoms with Gasteiger partial charge in [-0.15, -0.1) is 23.1 Å². The highest BCUT2D eigenvalue weighted by Gasteiger charge is 2.56. The zero-order valence-electron chi connectivity index (χ0n) is 14.2. The van der Waals surface area contributed by atoms with Crippen LogP contribution in [0.4, 0.5) is 0 Å². The number of thioether (sulfide) groups is 1. The number of rotatable bonds is 6. The molecule has 0 saturated carbocycles. The molecule has 1 aromatic heterocycles. The van der Waals surface area contributed by atoms with Crippen LogP contribution in [-0.4, -0.2) is 60.8 Å². The molecule has 3 heterocycles. The van der Waals surface area contributed by atoms with Gasteiger partial charge in [-0.25, -0.2) is 0 Å². The number of hydrogen-bond donors (Lipinski definition) is 1. The summed E-state index contributed by atoms with van der Waals surface area (Å²) >= 11 is 2.71. The van der Waals surface area contributed by atoms with E-state index >= 15 is 0 Å². The van der Waals surface area contributed by atoms with Crippen LogP contribution >= 0.6 is 23.1 Å². The first-order valence-electron chi connectivity index (χ1n) is 7.94. The number of carbonyl (C=O) groups excluding carboxylic acids is 4. The summed E-state index contributed by atoms with van der Waals surface area (Å²) in [6.07, 6.45) is 0.181. The summed E-state index contributed by atoms with van der Waals surface area (Å²) in [5.41, 5.74) is 0.388. The van der Waals surface area contributed by atoms with Crippen molar-refractivity contribution in [3.63, 3.8) is 0 Å². The first-order chi connectivity index (χ1) is 12.9. The zero-order chi connectivity index (χ0) is 19.6. The average molecular weight is 406 g/mol. The quantitative estimate of drug-likeness (QED) is 0.407. The lowest BCUT2D eigenvalue weighted by Crippen LogP contribution is -2.74. The van der Waals surface area contributed by atoms with Crippen LogP contribution < -0.4 is 5.32 Å². The van der Waals surface area contributed by atoms with Gasteiger partial charge in [-0.2, -0.15) is 0 Å². The van der Waals surface area contributed by atoms with Gasteiger partial charge < -0.3 is 19.6 Å². The minimum atomic E-state index is -1.08. The van der Waals surface area contributed by atoms with Crippen LogP contribution in [0.2, 0.25) is 0 Å². The number of nitrogens with zero attached hydrogens (tertiary/aromatic N) is 1. The first kappa shape index (κ1) is 19.5. The molecule has 8 nitrogen and oxygen atoms in total. The molecule has 140 valence electrons. The highest BCUT2D eigenvalue weighted by molar-refractivity contribution is 8.02. The third-order valence-electron chi connectivity index (χ3n) is 4.08. The Hall–Kier alpha value is -2.27. The number of β-lactam (4-membered cyclic amide) rings is 1. The van der Waals surface area contributed by atoms with Gasteiger partial charge in [-0.3, -0.25) is 19.2 Å². The Labute approximate surface area is 164 Å². The molecule has 0 aliphatic carbocycles. The van der Waals surface area contributed by atoms with Gasteiger partial charge in [-0.1, -0.05) is 6.07 Å². The molecular formula is C16H15BN2O6S2. The predicted molar refractivity (Wildman–Crippen MR) is 98.5 cm³/mol. The van der Waals surface area contributed by atoms with E-state index < -0.39 is 35.3 Å². The fraction of sp³-hybridized carbons (Fsp3) is 0.375. The molecule has 0 spiro atoms. The summed E-state index contributed by atoms with van der Waals surface area (Å²) in [6.45, 7) is 1.08. The third-order valence-corrected chi connectivity index (χ3v) is 6.17. The van der Waals surface area contributed by atoms with E-state index in [2.05, 4.69) is 9.97 Å². The van der Waals surface area contributed by atoms with Crippen molar-refractivity contribution in [3.8, 4) is 0 Å². The molecule has 0 unspecified atom stereocenters. The summed E-state index contributed by atoms with van der Waals surface area (Å²) in [7, 11) is 4.99. The van der Waals surface area contributed by atoms with Crippen molar-refractivity contribution in [2.75, 3.05) is 6.61 Å². The lowest BCUT2D eigenvalue weighted by atomic mass is 9.98. The Morgan fingerprint density at radius 3 is 2.78 bits per heavy atom. The van der Waals surface area contributed by atoms with Crippen molar-refractivity contribution in [1.29, 1.82) is 0 Å². The lowest BCUT2D eigenvalue weighted by Gasteiger charge is -2.51. The topological polar surface area (TPSA) is 102 Å². The van der Waals surface area contributed by atoms with E-state index in [1.165, 1.54) is 34.9 Å². The standard InChI is InChI=1S/C16H15BN2O6S2/c1-8(20)24-6-9-7-27-15-12(14(22)19(15)13(9)16(23)25-17)18-11(21)5-10-3-2-4-26-10/h2-4,7,12-13,15H,5-6H2,1H3,(H,18,21)/t12-,13-,15-/m1/s1. The fourth-order valence-corrected chi connectivity index (χ4v) is 4.77. The van der Waals surface area contributed by atoms with E-state index in [1.807, 2.05) is 17.5 Å². The molecule has 3 atom stereocenters. The predicted octanol–water partition coefficient (Wildman–Crippen LogP) is 0.133. The summed E-state index contributed by atoms with van der Waals surface area (Å²) in [4.78, 5) is 50.0. The zero-order valence-corrected chi connectivity index (χ0v) is 15.9. The minimum Gasteiger partial charge on any atom is -0.542 e. The lowest BCUT2D eigenvalue weighted by molar-refractivity contribution is -0.159. The second-order valence-electron chi connectivity index (χ2n) is 5.89. The van der Waals surface area contributed by atoms with E-state index in [9.17, 15) is 19.2 Å². The number of nitrogens with one attached hydrogen (secondary N) is 1. The number of hydrogen-bond acceptors (Lipinski definition) is 8. The Bertz CT molecular complexity index is 797. The van der Waals surface area contributed by atoms with Gasteiger partial charge >= 0.3 is 20.0 Å². The number of ether oxygens (including phenoxy) is 1. The van der Waals surface area contributed by atoms with Crippen molar-refractivity contribution in [2.45, 2.75) is 30.8 Å². The Kier molecular flexibility index (Phi) is 5.90. The van der Waals surface area contributed by atoms with Crippen LogP contribution in [0, 0.1) is 0 Å². The van der Waals surface area contributed by atoms with Crippen LogP contribution in [0.25, 0.3) is 0 Å². The van der Waals surface area contributed by atoms with Gasteiger partial charge in [0.2, 0.25) is 11.8 Å². The smallest absolute Gasteiger partial charge is 0.378 e. The highest BCUT2D eigenvalue weighted by atomic mass is 32.2. The van der Waals surface area contributed by atoms with Crippen LogP contribution in [0.15, 0.2) is 28.5 Å². The van der Waals surface area contributed by atoms with E-state index in [4.69, 9.17) is 12.8 Å². The van der Waals surface area contributed by atoms with Gasteiger partial charge in [0.1, 0.15) is 18.0 Å². The molecule has 3 rings (SSSR count). The molecule has 11 heteroatoms. The number of thiophene rings is 1. The Balaban J connectivity index is 1.70. The Morgan fingerprint density at radius 2 is 2.15 bits per heavy atom. The van der Waals surface area contributed by atoms with Gasteiger partial charge in [0.25, 0.3) is 0 Å². The first-order valence-corrected chi connectivity index (χ1v) is 9.77. The number of carbonyl (C=O) groups is 4. The van der Waals surface area contributed by atoms with Gasteiger partial charge in [-0.05, 0) is 16.9 Å². The molecule has 2 amide bonds. The van der Waals surface area contributed by atoms with Crippen LogP contribution in [0.1, 0.15) is 11.8 Å². The molecular weight excluding hydrogens is 391 g/mol. The maximum Gasteiger partial charge on any atom is 0.378 e. The molecule has 1 N–H and O–H groups in total. The summed E-state index contributed by atoms with van der Waals surface area (Å²) in [6, 6.07) is 1.85. The van der Waals surface area contributed by atoms with Gasteiger partial charge in [0, 0.05) is 17.4 Å². The van der Waals surface area contributed by atoms with Crippen LogP contribution in [0.5, 0.6) is 0 Å². The molecule has 0 bridgehead atoms. The van der Waals surface area contributed by atoms with E-state index in [-0.39, 0.29) is 18.9 Å². The molecule has 1 fully saturated rings. The van der Waals surface area contributed by atoms with Gasteiger partial charge in [0.15, 0.2) is 6.04 Å². The van der Waals surface area contributed by atoms with Crippen LogP contribution in [-0.2, 0) is 35.0 Å². The summed E-state index contributed by atoms with van der Waals surface area (Å²) in [5.74, 6) is -2.05. The minimum absolute atomic E-state index is 0.159. The molecule has 1 aromatic rings. The average Bonchev–Trinajstić information content (AvgIpc) is 3.15. The van der Waals surface area contributed by atoms with Crippen molar-refractivity contribution >= 4 is 54.9 Å². The van der Waals surface area contributed by atoms with Crippen molar-refractivity contribution in [2.24, 2.45) is 0 Å². The number of fused-ring (bicyclic) bond motifs is 1. The molecule has 1 saturated heterocycles. The summed E-state index contributed by atoms with van der Waals surface area (Å²) < 4.78 is 9.23. The van der Waals surface area contributed by atoms with Crippen molar-refractivity contribution < 1.29 is 28.6 Å². The molecule has 2 aliphatic heterocycles. The van der Waals surface area contributed by atoms with E-state index in [1.54, 1.807) is 5.41 Å². The molecule has 27 heavy (non-hydrogen) atoms. The highest BCUT2D eigenvalue weighted by Crippen LogP contribution is 2.40. The van der Waals surface area contributed by atoms with Crippen molar-refractivity contribution in [3.05, 3.63) is 33.4 Å². The summed E-state index contributed by atoms with van der Waals surface area (Å²) in [5, 5.41) is 5.75. The second kappa shape index (κ2) is 8.18. The maximum absolute atomic E-state index is 12.6.